The Morgan fingerprint density at radius 3 is 2.53 bits per heavy atom. The molecule has 0 aliphatic rings. The van der Waals surface area contributed by atoms with Crippen LogP contribution >= 0.6 is 22.9 Å². The topological polar surface area (TPSA) is 106 Å². The molecule has 3 aromatic carbocycles. The Hall–Kier alpha value is -4.21. The van der Waals surface area contributed by atoms with Crippen molar-refractivity contribution in [3.63, 3.8) is 0 Å². The molecule has 36 heavy (non-hydrogen) atoms. The number of carbonyl (C=O) groups is 3. The maximum absolute atomic E-state index is 12.7. The van der Waals surface area contributed by atoms with Gasteiger partial charge in [-0.05, 0) is 48.0 Å². The van der Waals surface area contributed by atoms with Gasteiger partial charge in [-0.1, -0.05) is 41.9 Å². The SMILES string of the molecule is COc1ccc(C(=O)NCC(=O)NN=Cc2cccc(OC(=O)c3sc4ccccc4c3Cl)c2)cc1. The van der Waals surface area contributed by atoms with E-state index in [4.69, 9.17) is 21.1 Å². The number of nitrogens with zero attached hydrogens (tertiary/aromatic N) is 1. The maximum Gasteiger partial charge on any atom is 0.355 e. The van der Waals surface area contributed by atoms with Crippen molar-refractivity contribution in [1.29, 1.82) is 0 Å². The minimum absolute atomic E-state index is 0.254. The molecular formula is C26H20ClN3O5S. The fraction of sp³-hybridized carbons (Fsp3) is 0.0769. The van der Waals surface area contributed by atoms with Gasteiger partial charge >= 0.3 is 5.97 Å². The molecule has 1 heterocycles. The highest BCUT2D eigenvalue weighted by Crippen LogP contribution is 2.35. The Bertz CT molecular complexity index is 1450. The highest BCUT2D eigenvalue weighted by atomic mass is 35.5. The van der Waals surface area contributed by atoms with E-state index in [0.717, 1.165) is 10.1 Å². The molecule has 0 saturated heterocycles. The summed E-state index contributed by atoms with van der Waals surface area (Å²) in [4.78, 5) is 37.1. The molecule has 182 valence electrons. The van der Waals surface area contributed by atoms with Crippen LogP contribution in [0.5, 0.6) is 11.5 Å². The number of nitrogens with one attached hydrogen (secondary N) is 2. The van der Waals surface area contributed by atoms with Crippen LogP contribution in [0.4, 0.5) is 0 Å². The zero-order chi connectivity index (χ0) is 25.5. The number of thiophene rings is 1. The summed E-state index contributed by atoms with van der Waals surface area (Å²) < 4.78 is 11.4. The lowest BCUT2D eigenvalue weighted by molar-refractivity contribution is -0.120. The Labute approximate surface area is 215 Å². The van der Waals surface area contributed by atoms with Gasteiger partial charge in [-0.15, -0.1) is 11.3 Å². The minimum Gasteiger partial charge on any atom is -0.497 e. The molecule has 0 aliphatic heterocycles. The van der Waals surface area contributed by atoms with E-state index in [1.807, 2.05) is 24.3 Å². The van der Waals surface area contributed by atoms with Gasteiger partial charge in [-0.3, -0.25) is 9.59 Å². The van der Waals surface area contributed by atoms with Gasteiger partial charge in [0.1, 0.15) is 16.4 Å². The van der Waals surface area contributed by atoms with Crippen LogP contribution in [0.3, 0.4) is 0 Å². The molecular weight excluding hydrogens is 502 g/mol. The largest absolute Gasteiger partial charge is 0.497 e. The van der Waals surface area contributed by atoms with Crippen LogP contribution in [0.2, 0.25) is 5.02 Å². The van der Waals surface area contributed by atoms with Crippen molar-refractivity contribution in [1.82, 2.24) is 10.7 Å². The number of ether oxygens (including phenoxy) is 2. The van der Waals surface area contributed by atoms with E-state index in [9.17, 15) is 14.4 Å². The monoisotopic (exact) mass is 521 g/mol. The van der Waals surface area contributed by atoms with Gasteiger partial charge in [-0.2, -0.15) is 5.10 Å². The number of rotatable bonds is 8. The first-order valence-corrected chi connectivity index (χ1v) is 11.9. The van der Waals surface area contributed by atoms with Crippen LogP contribution in [0, 0.1) is 0 Å². The summed E-state index contributed by atoms with van der Waals surface area (Å²) in [5.41, 5.74) is 3.32. The lowest BCUT2D eigenvalue weighted by atomic mass is 10.2. The normalized spacial score (nSPS) is 10.8. The van der Waals surface area contributed by atoms with Gasteiger partial charge in [0.2, 0.25) is 0 Å². The Morgan fingerprint density at radius 2 is 1.78 bits per heavy atom. The van der Waals surface area contributed by atoms with Gasteiger partial charge in [0.15, 0.2) is 0 Å². The highest BCUT2D eigenvalue weighted by Gasteiger charge is 2.19. The van der Waals surface area contributed by atoms with Gasteiger partial charge in [-0.25, -0.2) is 10.2 Å². The molecule has 0 unspecified atom stereocenters. The van der Waals surface area contributed by atoms with Crippen LogP contribution in [-0.4, -0.2) is 37.7 Å². The third kappa shape index (κ3) is 6.07. The van der Waals surface area contributed by atoms with Crippen molar-refractivity contribution in [2.45, 2.75) is 0 Å². The highest BCUT2D eigenvalue weighted by molar-refractivity contribution is 7.21. The van der Waals surface area contributed by atoms with Crippen molar-refractivity contribution in [3.8, 4) is 11.5 Å². The number of benzene rings is 3. The average molecular weight is 522 g/mol. The predicted molar refractivity (Wildman–Crippen MR) is 139 cm³/mol. The number of esters is 1. The van der Waals surface area contributed by atoms with E-state index < -0.39 is 17.8 Å². The molecule has 0 aliphatic carbocycles. The molecule has 0 spiro atoms. The number of hydrogen-bond donors (Lipinski definition) is 2. The van der Waals surface area contributed by atoms with E-state index in [1.54, 1.807) is 48.5 Å². The summed E-state index contributed by atoms with van der Waals surface area (Å²) in [5.74, 6) is -0.534. The van der Waals surface area contributed by atoms with Crippen LogP contribution < -0.4 is 20.2 Å². The minimum atomic E-state index is -0.559. The number of hydrazone groups is 1. The van der Waals surface area contributed by atoms with E-state index >= 15 is 0 Å². The molecule has 4 aromatic rings. The molecule has 0 radical (unpaired) electrons. The number of halogens is 1. The quantitative estimate of drug-likeness (QED) is 0.152. The van der Waals surface area contributed by atoms with Gasteiger partial charge in [0.25, 0.3) is 11.8 Å². The van der Waals surface area contributed by atoms with Crippen molar-refractivity contribution in [2.75, 3.05) is 13.7 Å². The fourth-order valence-corrected chi connectivity index (χ4v) is 4.57. The van der Waals surface area contributed by atoms with Gasteiger partial charge in [0, 0.05) is 15.6 Å². The standard InChI is InChI=1S/C26H20ClN3O5S/c1-34-18-11-9-17(10-12-18)25(32)28-15-22(31)30-29-14-16-5-4-6-19(13-16)35-26(33)24-23(27)20-7-2-3-8-21(20)36-24/h2-14H,15H2,1H3,(H,28,32)(H,30,31). The first kappa shape index (κ1) is 24.9. The second kappa shape index (κ2) is 11.5. The van der Waals surface area contributed by atoms with E-state index in [0.29, 0.717) is 32.5 Å². The van der Waals surface area contributed by atoms with E-state index in [-0.39, 0.29) is 6.54 Å². The Kier molecular flexibility index (Phi) is 7.94. The van der Waals surface area contributed by atoms with E-state index in [1.165, 1.54) is 24.7 Å². The van der Waals surface area contributed by atoms with Crippen LogP contribution in [0.15, 0.2) is 77.9 Å². The molecule has 4 rings (SSSR count). The Balaban J connectivity index is 1.30. The summed E-state index contributed by atoms with van der Waals surface area (Å²) in [6, 6.07) is 20.6. The van der Waals surface area contributed by atoms with Crippen LogP contribution in [-0.2, 0) is 4.79 Å². The lowest BCUT2D eigenvalue weighted by Crippen LogP contribution is -2.34. The summed E-state index contributed by atoms with van der Waals surface area (Å²) in [6.45, 7) is -0.254. The number of methoxy groups -OCH3 is 1. The molecule has 1 aromatic heterocycles. The van der Waals surface area contributed by atoms with Crippen molar-refractivity contribution >= 4 is 57.0 Å². The molecule has 2 amide bonds. The predicted octanol–water partition coefficient (Wildman–Crippen LogP) is 4.66. The zero-order valence-electron chi connectivity index (χ0n) is 19.0. The smallest absolute Gasteiger partial charge is 0.355 e. The Morgan fingerprint density at radius 1 is 1.00 bits per heavy atom. The molecule has 0 atom stereocenters. The molecule has 2 N–H and O–H groups in total. The van der Waals surface area contributed by atoms with Gasteiger partial charge in [0.05, 0.1) is 24.9 Å². The second-order valence-corrected chi connectivity index (χ2v) is 8.84. The average Bonchev–Trinajstić information content (AvgIpc) is 3.24. The molecule has 0 bridgehead atoms. The maximum atomic E-state index is 12.7. The first-order valence-electron chi connectivity index (χ1n) is 10.7. The first-order chi connectivity index (χ1) is 17.4. The third-order valence-corrected chi connectivity index (χ3v) is 6.61. The van der Waals surface area contributed by atoms with Gasteiger partial charge < -0.3 is 14.8 Å². The summed E-state index contributed by atoms with van der Waals surface area (Å²) >= 11 is 7.62. The number of amides is 2. The second-order valence-electron chi connectivity index (χ2n) is 7.41. The van der Waals surface area contributed by atoms with Crippen LogP contribution in [0.25, 0.3) is 10.1 Å². The zero-order valence-corrected chi connectivity index (χ0v) is 20.6. The van der Waals surface area contributed by atoms with Crippen LogP contribution in [0.1, 0.15) is 25.6 Å². The third-order valence-electron chi connectivity index (χ3n) is 4.95. The number of fused-ring (bicyclic) bond motifs is 1. The number of carbonyl (C=O) groups excluding carboxylic acids is 3. The molecule has 0 saturated carbocycles. The van der Waals surface area contributed by atoms with E-state index in [2.05, 4.69) is 15.8 Å². The molecule has 0 fully saturated rings. The number of hydrogen-bond acceptors (Lipinski definition) is 7. The molecule has 8 nitrogen and oxygen atoms in total. The lowest BCUT2D eigenvalue weighted by Gasteiger charge is -2.05. The molecule has 10 heteroatoms. The summed E-state index contributed by atoms with van der Waals surface area (Å²) in [5, 5.41) is 7.56. The van der Waals surface area contributed by atoms with Crippen molar-refractivity contribution < 1.29 is 23.9 Å². The van der Waals surface area contributed by atoms with Crippen molar-refractivity contribution in [3.05, 3.63) is 93.8 Å². The fourth-order valence-electron chi connectivity index (χ4n) is 3.18. The summed E-state index contributed by atoms with van der Waals surface area (Å²) in [7, 11) is 1.53. The van der Waals surface area contributed by atoms with Crippen molar-refractivity contribution in [2.24, 2.45) is 5.10 Å². The summed E-state index contributed by atoms with van der Waals surface area (Å²) in [6.07, 6.45) is 1.40.